The van der Waals surface area contributed by atoms with Gasteiger partial charge in [0, 0.05) is 17.3 Å². The predicted molar refractivity (Wildman–Crippen MR) is 81.4 cm³/mol. The summed E-state index contributed by atoms with van der Waals surface area (Å²) >= 11 is 0. The number of hydrogen-bond acceptors (Lipinski definition) is 4. The minimum atomic E-state index is -0.547. The van der Waals surface area contributed by atoms with E-state index in [2.05, 4.69) is 11.9 Å². The van der Waals surface area contributed by atoms with Crippen LogP contribution in [0.25, 0.3) is 0 Å². The van der Waals surface area contributed by atoms with Crippen molar-refractivity contribution in [3.63, 3.8) is 0 Å². The SMILES string of the molecule is C=CC(=O)Oc1ccc(NC(=O)c2ccc(C#N)cc2)cc1. The largest absolute Gasteiger partial charge is 0.423 e. The van der Waals surface area contributed by atoms with Crippen molar-refractivity contribution >= 4 is 17.6 Å². The highest BCUT2D eigenvalue weighted by Crippen LogP contribution is 2.17. The normalized spacial score (nSPS) is 9.41. The molecule has 1 amide bonds. The first kappa shape index (κ1) is 15.0. The minimum Gasteiger partial charge on any atom is -0.423 e. The minimum absolute atomic E-state index is 0.291. The first-order chi connectivity index (χ1) is 10.6. The van der Waals surface area contributed by atoms with Crippen LogP contribution in [0.1, 0.15) is 15.9 Å². The van der Waals surface area contributed by atoms with Gasteiger partial charge in [-0.3, -0.25) is 4.79 Å². The molecule has 1 N–H and O–H groups in total. The van der Waals surface area contributed by atoms with Crippen LogP contribution >= 0.6 is 0 Å². The van der Waals surface area contributed by atoms with E-state index >= 15 is 0 Å². The molecule has 2 aromatic carbocycles. The molecule has 0 aromatic heterocycles. The molecule has 5 heteroatoms. The van der Waals surface area contributed by atoms with E-state index in [0.717, 1.165) is 6.08 Å². The number of rotatable bonds is 4. The van der Waals surface area contributed by atoms with E-state index in [-0.39, 0.29) is 5.91 Å². The molecule has 2 aromatic rings. The zero-order valence-electron chi connectivity index (χ0n) is 11.6. The maximum Gasteiger partial charge on any atom is 0.335 e. The fourth-order valence-electron chi connectivity index (χ4n) is 1.66. The first-order valence-electron chi connectivity index (χ1n) is 6.38. The number of esters is 1. The van der Waals surface area contributed by atoms with Gasteiger partial charge in [-0.2, -0.15) is 5.26 Å². The van der Waals surface area contributed by atoms with Crippen LogP contribution in [0, 0.1) is 11.3 Å². The van der Waals surface area contributed by atoms with Crippen molar-refractivity contribution in [2.75, 3.05) is 5.32 Å². The van der Waals surface area contributed by atoms with Crippen molar-refractivity contribution in [3.8, 4) is 11.8 Å². The van der Waals surface area contributed by atoms with Gasteiger partial charge in [0.2, 0.25) is 0 Å². The van der Waals surface area contributed by atoms with E-state index < -0.39 is 5.97 Å². The summed E-state index contributed by atoms with van der Waals surface area (Å²) < 4.78 is 4.93. The number of nitrogens with one attached hydrogen (secondary N) is 1. The summed E-state index contributed by atoms with van der Waals surface area (Å²) in [6.45, 7) is 3.31. The predicted octanol–water partition coefficient (Wildman–Crippen LogP) is 2.90. The van der Waals surface area contributed by atoms with Crippen molar-refractivity contribution in [2.45, 2.75) is 0 Å². The van der Waals surface area contributed by atoms with Crippen LogP contribution in [0.4, 0.5) is 5.69 Å². The molecule has 0 aliphatic carbocycles. The number of benzene rings is 2. The van der Waals surface area contributed by atoms with E-state index in [1.807, 2.05) is 6.07 Å². The zero-order chi connectivity index (χ0) is 15.9. The van der Waals surface area contributed by atoms with Gasteiger partial charge in [0.25, 0.3) is 5.91 Å². The molecule has 0 bridgehead atoms. The molecule has 0 spiro atoms. The number of nitrogens with zero attached hydrogens (tertiary/aromatic N) is 1. The Morgan fingerprint density at radius 1 is 1.09 bits per heavy atom. The highest BCUT2D eigenvalue weighted by molar-refractivity contribution is 6.04. The van der Waals surface area contributed by atoms with Gasteiger partial charge in [0.05, 0.1) is 11.6 Å². The summed E-state index contributed by atoms with van der Waals surface area (Å²) in [5.74, 6) is -0.476. The summed E-state index contributed by atoms with van der Waals surface area (Å²) in [4.78, 5) is 23.1. The molecule has 0 saturated carbocycles. The van der Waals surface area contributed by atoms with Crippen LogP contribution < -0.4 is 10.1 Å². The molecule has 0 aliphatic heterocycles. The molecule has 0 unspecified atom stereocenters. The average molecular weight is 292 g/mol. The van der Waals surface area contributed by atoms with Crippen LogP contribution in [-0.2, 0) is 4.79 Å². The summed E-state index contributed by atoms with van der Waals surface area (Å²) in [7, 11) is 0. The molecule has 0 heterocycles. The number of amides is 1. The Morgan fingerprint density at radius 2 is 1.73 bits per heavy atom. The van der Waals surface area contributed by atoms with Crippen molar-refractivity contribution in [2.24, 2.45) is 0 Å². The lowest BCUT2D eigenvalue weighted by Gasteiger charge is -2.06. The number of carbonyl (C=O) groups excluding carboxylic acids is 2. The standard InChI is InChI=1S/C17H12N2O3/c1-2-16(20)22-15-9-7-14(8-10-15)19-17(21)13-5-3-12(11-18)4-6-13/h2-10H,1H2,(H,19,21). The molecule has 0 atom stereocenters. The van der Waals surface area contributed by atoms with Gasteiger partial charge in [-0.15, -0.1) is 0 Å². The van der Waals surface area contributed by atoms with Crippen molar-refractivity contribution < 1.29 is 14.3 Å². The maximum absolute atomic E-state index is 12.0. The molecule has 5 nitrogen and oxygen atoms in total. The summed E-state index contributed by atoms with van der Waals surface area (Å²) in [5, 5.41) is 11.4. The third-order valence-electron chi connectivity index (χ3n) is 2.77. The fraction of sp³-hybridized carbons (Fsp3) is 0. The summed E-state index contributed by atoms with van der Waals surface area (Å²) in [5.41, 5.74) is 1.50. The Balaban J connectivity index is 2.03. The number of hydrogen-bond donors (Lipinski definition) is 1. The highest BCUT2D eigenvalue weighted by Gasteiger charge is 2.06. The maximum atomic E-state index is 12.0. The van der Waals surface area contributed by atoms with Crippen LogP contribution in [0.3, 0.4) is 0 Å². The Morgan fingerprint density at radius 3 is 2.27 bits per heavy atom. The van der Waals surface area contributed by atoms with Gasteiger partial charge in [-0.25, -0.2) is 4.79 Å². The van der Waals surface area contributed by atoms with Gasteiger partial charge in [0.1, 0.15) is 5.75 Å². The second-order valence-electron chi connectivity index (χ2n) is 4.29. The molecule has 2 rings (SSSR count). The Labute approximate surface area is 127 Å². The molecule has 108 valence electrons. The van der Waals surface area contributed by atoms with Gasteiger partial charge < -0.3 is 10.1 Å². The first-order valence-corrected chi connectivity index (χ1v) is 6.38. The smallest absolute Gasteiger partial charge is 0.335 e. The van der Waals surface area contributed by atoms with Gasteiger partial charge in [0.15, 0.2) is 0 Å². The van der Waals surface area contributed by atoms with E-state index in [4.69, 9.17) is 10.00 Å². The number of carbonyl (C=O) groups is 2. The summed E-state index contributed by atoms with van der Waals surface area (Å²) in [6.07, 6.45) is 1.07. The Bertz CT molecular complexity index is 741. The molecule has 0 fully saturated rings. The van der Waals surface area contributed by atoms with Gasteiger partial charge in [-0.1, -0.05) is 6.58 Å². The molecule has 0 aliphatic rings. The zero-order valence-corrected chi connectivity index (χ0v) is 11.6. The van der Waals surface area contributed by atoms with Crippen molar-refractivity contribution in [3.05, 3.63) is 72.3 Å². The number of anilines is 1. The Kier molecular flexibility index (Phi) is 4.68. The van der Waals surface area contributed by atoms with Gasteiger partial charge >= 0.3 is 5.97 Å². The number of nitriles is 1. The third-order valence-corrected chi connectivity index (χ3v) is 2.77. The molecule has 0 radical (unpaired) electrons. The lowest BCUT2D eigenvalue weighted by molar-refractivity contribution is -0.128. The van der Waals surface area contributed by atoms with Crippen LogP contribution in [-0.4, -0.2) is 11.9 Å². The van der Waals surface area contributed by atoms with Crippen LogP contribution in [0.2, 0.25) is 0 Å². The fourth-order valence-corrected chi connectivity index (χ4v) is 1.66. The van der Waals surface area contributed by atoms with Crippen LogP contribution in [0.5, 0.6) is 5.75 Å². The molecule has 0 saturated heterocycles. The topological polar surface area (TPSA) is 79.2 Å². The molecular weight excluding hydrogens is 280 g/mol. The quantitative estimate of drug-likeness (QED) is 0.534. The van der Waals surface area contributed by atoms with Gasteiger partial charge in [-0.05, 0) is 48.5 Å². The highest BCUT2D eigenvalue weighted by atomic mass is 16.5. The second-order valence-corrected chi connectivity index (χ2v) is 4.29. The monoisotopic (exact) mass is 292 g/mol. The lowest BCUT2D eigenvalue weighted by Crippen LogP contribution is -2.11. The van der Waals surface area contributed by atoms with Crippen LogP contribution in [0.15, 0.2) is 61.2 Å². The van der Waals surface area contributed by atoms with E-state index in [1.165, 1.54) is 0 Å². The molecular formula is C17H12N2O3. The van der Waals surface area contributed by atoms with E-state index in [1.54, 1.807) is 48.5 Å². The average Bonchev–Trinajstić information content (AvgIpc) is 2.56. The van der Waals surface area contributed by atoms with Crippen molar-refractivity contribution in [1.29, 1.82) is 5.26 Å². The van der Waals surface area contributed by atoms with E-state index in [0.29, 0.717) is 22.6 Å². The van der Waals surface area contributed by atoms with E-state index in [9.17, 15) is 9.59 Å². The Hall–Kier alpha value is -3.39. The van der Waals surface area contributed by atoms with Crippen molar-refractivity contribution in [1.82, 2.24) is 0 Å². The number of ether oxygens (including phenoxy) is 1. The molecule has 22 heavy (non-hydrogen) atoms. The summed E-state index contributed by atoms with van der Waals surface area (Å²) in [6, 6.07) is 14.7. The lowest BCUT2D eigenvalue weighted by atomic mass is 10.1. The second kappa shape index (κ2) is 6.86. The third kappa shape index (κ3) is 3.81.